The van der Waals surface area contributed by atoms with Crippen LogP contribution >= 0.6 is 11.3 Å². The van der Waals surface area contributed by atoms with Gasteiger partial charge in [0.1, 0.15) is 11.3 Å². The van der Waals surface area contributed by atoms with E-state index in [1.807, 2.05) is 0 Å². The van der Waals surface area contributed by atoms with Crippen molar-refractivity contribution in [2.75, 3.05) is 0 Å². The second-order valence-corrected chi connectivity index (χ2v) is 8.92. The van der Waals surface area contributed by atoms with Crippen molar-refractivity contribution in [3.8, 4) is 5.75 Å². The minimum atomic E-state index is -4.13. The van der Waals surface area contributed by atoms with Crippen LogP contribution in [0.5, 0.6) is 5.75 Å². The Kier molecular flexibility index (Phi) is 4.70. The second-order valence-electron chi connectivity index (χ2n) is 6.03. The van der Waals surface area contributed by atoms with Crippen LogP contribution in [-0.4, -0.2) is 35.1 Å². The summed E-state index contributed by atoms with van der Waals surface area (Å²) in [5.74, 6) is -1.27. The summed E-state index contributed by atoms with van der Waals surface area (Å²) in [6, 6.07) is 12.9. The molecule has 0 fully saturated rings. The summed E-state index contributed by atoms with van der Waals surface area (Å²) >= 11 is 0.977. The minimum Gasteiger partial charge on any atom is -0.508 e. The molecule has 0 radical (unpaired) electrons. The van der Waals surface area contributed by atoms with Gasteiger partial charge in [-0.2, -0.15) is 4.72 Å². The molecule has 3 N–H and O–H groups in total. The molecular weight excluding hydrogens is 376 g/mol. The number of phenolic OH excluding ortho intramolecular Hbond substituents is 1. The molecule has 0 amide bonds. The van der Waals surface area contributed by atoms with Gasteiger partial charge in [-0.15, -0.1) is 11.3 Å². The molecule has 7 nitrogen and oxygen atoms in total. The van der Waals surface area contributed by atoms with E-state index in [-0.39, 0.29) is 16.5 Å². The fraction of sp³-hybridized carbons (Fsp3) is 0.176. The minimum absolute atomic E-state index is 0.0424. The van der Waals surface area contributed by atoms with Crippen molar-refractivity contribution >= 4 is 37.5 Å². The monoisotopic (exact) mass is 392 g/mol. The molecule has 0 spiro atoms. The van der Waals surface area contributed by atoms with E-state index in [0.29, 0.717) is 15.8 Å². The van der Waals surface area contributed by atoms with Crippen molar-refractivity contribution < 1.29 is 23.4 Å². The number of hydrogen-bond donors (Lipinski definition) is 3. The van der Waals surface area contributed by atoms with Crippen LogP contribution in [0.25, 0.3) is 10.2 Å². The number of sulfonamides is 1. The maximum absolute atomic E-state index is 12.7. The van der Waals surface area contributed by atoms with Crippen LogP contribution < -0.4 is 4.72 Å². The van der Waals surface area contributed by atoms with Crippen LogP contribution in [-0.2, 0) is 21.2 Å². The zero-order valence-electron chi connectivity index (χ0n) is 13.7. The van der Waals surface area contributed by atoms with E-state index < -0.39 is 21.5 Å². The quantitative estimate of drug-likeness (QED) is 0.593. The summed E-state index contributed by atoms with van der Waals surface area (Å²) in [6.07, 6.45) is -0.0905. The zero-order chi connectivity index (χ0) is 18.9. The maximum Gasteiger partial charge on any atom is 0.324 e. The molecule has 136 valence electrons. The summed E-state index contributed by atoms with van der Waals surface area (Å²) in [5.41, 5.74) is -0.665. The average molecular weight is 392 g/mol. The average Bonchev–Trinajstić information content (AvgIpc) is 3.01. The molecule has 3 rings (SSSR count). The van der Waals surface area contributed by atoms with E-state index >= 15 is 0 Å². The first-order valence-electron chi connectivity index (χ1n) is 7.60. The number of benzene rings is 2. The predicted molar refractivity (Wildman–Crippen MR) is 97.8 cm³/mol. The number of carboxylic acid groups (broad SMARTS) is 1. The van der Waals surface area contributed by atoms with Crippen LogP contribution in [0.4, 0.5) is 0 Å². The van der Waals surface area contributed by atoms with Gasteiger partial charge < -0.3 is 10.2 Å². The van der Waals surface area contributed by atoms with Gasteiger partial charge in [0.25, 0.3) is 10.0 Å². The first-order chi connectivity index (χ1) is 12.2. The highest BCUT2D eigenvalue weighted by Gasteiger charge is 2.39. The number of rotatable bonds is 6. The highest BCUT2D eigenvalue weighted by Crippen LogP contribution is 2.27. The largest absolute Gasteiger partial charge is 0.508 e. The van der Waals surface area contributed by atoms with E-state index in [4.69, 9.17) is 0 Å². The lowest BCUT2D eigenvalue weighted by atomic mass is 9.94. The van der Waals surface area contributed by atoms with Gasteiger partial charge in [-0.1, -0.05) is 24.3 Å². The first-order valence-corrected chi connectivity index (χ1v) is 9.90. The molecule has 0 saturated carbocycles. The zero-order valence-corrected chi connectivity index (χ0v) is 15.3. The summed E-state index contributed by atoms with van der Waals surface area (Å²) in [7, 11) is -4.13. The van der Waals surface area contributed by atoms with Crippen LogP contribution in [0.2, 0.25) is 0 Å². The Morgan fingerprint density at radius 3 is 2.46 bits per heavy atom. The maximum atomic E-state index is 12.7. The molecule has 0 bridgehead atoms. The summed E-state index contributed by atoms with van der Waals surface area (Å²) in [5, 5.41) is 18.9. The SMILES string of the molecule is CC(Cc1ccc(O)cc1)(NS(=O)(=O)c1nc2ccccc2s1)C(=O)O. The molecule has 0 aliphatic rings. The Hall–Kier alpha value is -2.49. The van der Waals surface area contributed by atoms with Gasteiger partial charge in [0.05, 0.1) is 10.2 Å². The molecule has 1 atom stereocenters. The number of carbonyl (C=O) groups is 1. The van der Waals surface area contributed by atoms with E-state index in [2.05, 4.69) is 9.71 Å². The van der Waals surface area contributed by atoms with Crippen molar-refractivity contribution in [1.82, 2.24) is 9.71 Å². The lowest BCUT2D eigenvalue weighted by Crippen LogP contribution is -2.53. The number of aromatic hydroxyl groups is 1. The number of nitrogens with one attached hydrogen (secondary N) is 1. The first kappa shape index (κ1) is 18.3. The molecule has 1 unspecified atom stereocenters. The molecular formula is C17H16N2O5S2. The fourth-order valence-corrected chi connectivity index (χ4v) is 5.07. The van der Waals surface area contributed by atoms with Crippen LogP contribution in [0.15, 0.2) is 52.9 Å². The lowest BCUT2D eigenvalue weighted by molar-refractivity contribution is -0.143. The number of thiazole rings is 1. The highest BCUT2D eigenvalue weighted by atomic mass is 32.2. The number of carboxylic acids is 1. The number of aliphatic carboxylic acids is 1. The number of para-hydroxylation sites is 1. The Morgan fingerprint density at radius 2 is 1.85 bits per heavy atom. The number of nitrogens with zero attached hydrogens (tertiary/aromatic N) is 1. The number of aromatic nitrogens is 1. The Balaban J connectivity index is 1.92. The van der Waals surface area contributed by atoms with E-state index in [0.717, 1.165) is 11.3 Å². The Morgan fingerprint density at radius 1 is 1.19 bits per heavy atom. The van der Waals surface area contributed by atoms with Crippen molar-refractivity contribution in [2.24, 2.45) is 0 Å². The van der Waals surface area contributed by atoms with Crippen LogP contribution in [0.3, 0.4) is 0 Å². The molecule has 26 heavy (non-hydrogen) atoms. The van der Waals surface area contributed by atoms with Crippen LogP contribution in [0, 0.1) is 0 Å². The van der Waals surface area contributed by atoms with E-state index in [1.54, 1.807) is 36.4 Å². The molecule has 1 aromatic heterocycles. The third-order valence-corrected chi connectivity index (χ3v) is 6.84. The standard InChI is InChI=1S/C17H16N2O5S2/c1-17(15(21)22,10-11-6-8-12(20)9-7-11)19-26(23,24)16-18-13-4-2-3-5-14(13)25-16/h2-9,19-20H,10H2,1H3,(H,21,22). The smallest absolute Gasteiger partial charge is 0.324 e. The molecule has 3 aromatic rings. The predicted octanol–water partition coefficient (Wildman–Crippen LogP) is 2.37. The van der Waals surface area contributed by atoms with Gasteiger partial charge in [0.2, 0.25) is 4.34 Å². The number of phenols is 1. The number of hydrogen-bond acceptors (Lipinski definition) is 6. The highest BCUT2D eigenvalue weighted by molar-refractivity contribution is 7.91. The van der Waals surface area contributed by atoms with E-state index in [1.165, 1.54) is 19.1 Å². The molecule has 0 aliphatic heterocycles. The molecule has 9 heteroatoms. The van der Waals surface area contributed by atoms with Gasteiger partial charge in [-0.05, 0) is 36.8 Å². The third kappa shape index (κ3) is 3.69. The summed E-state index contributed by atoms with van der Waals surface area (Å²) in [4.78, 5) is 15.9. The lowest BCUT2D eigenvalue weighted by Gasteiger charge is -2.25. The second kappa shape index (κ2) is 6.67. The molecule has 0 saturated heterocycles. The van der Waals surface area contributed by atoms with Crippen molar-refractivity contribution in [3.05, 3.63) is 54.1 Å². The fourth-order valence-electron chi connectivity index (χ4n) is 2.48. The number of fused-ring (bicyclic) bond motifs is 1. The van der Waals surface area contributed by atoms with Crippen molar-refractivity contribution in [3.63, 3.8) is 0 Å². The normalized spacial score (nSPS) is 14.2. The van der Waals surface area contributed by atoms with Gasteiger partial charge in [-0.3, -0.25) is 4.79 Å². The summed E-state index contributed by atoms with van der Waals surface area (Å²) < 4.78 is 28.2. The summed E-state index contributed by atoms with van der Waals surface area (Å²) in [6.45, 7) is 1.30. The third-order valence-electron chi connectivity index (χ3n) is 3.83. The Labute approximate surface area is 154 Å². The van der Waals surface area contributed by atoms with Gasteiger partial charge >= 0.3 is 5.97 Å². The molecule has 2 aromatic carbocycles. The van der Waals surface area contributed by atoms with Gasteiger partial charge in [0.15, 0.2) is 0 Å². The Bertz CT molecular complexity index is 1030. The van der Waals surface area contributed by atoms with Crippen molar-refractivity contribution in [2.45, 2.75) is 23.2 Å². The van der Waals surface area contributed by atoms with Crippen LogP contribution in [0.1, 0.15) is 12.5 Å². The van der Waals surface area contributed by atoms with E-state index in [9.17, 15) is 23.4 Å². The molecule has 0 aliphatic carbocycles. The molecule has 1 heterocycles. The van der Waals surface area contributed by atoms with Gasteiger partial charge in [-0.25, -0.2) is 13.4 Å². The topological polar surface area (TPSA) is 117 Å². The van der Waals surface area contributed by atoms with Crippen molar-refractivity contribution in [1.29, 1.82) is 0 Å². The van der Waals surface area contributed by atoms with Gasteiger partial charge in [0, 0.05) is 6.42 Å².